The van der Waals surface area contributed by atoms with Gasteiger partial charge in [0.15, 0.2) is 9.84 Å². The molecule has 1 saturated heterocycles. The van der Waals surface area contributed by atoms with Gasteiger partial charge in [0.2, 0.25) is 0 Å². The molecule has 1 unspecified atom stereocenters. The topological polar surface area (TPSA) is 49.4 Å². The van der Waals surface area contributed by atoms with Gasteiger partial charge >= 0.3 is 6.18 Å². The van der Waals surface area contributed by atoms with Crippen LogP contribution in [0.2, 0.25) is 0 Å². The van der Waals surface area contributed by atoms with Gasteiger partial charge in [-0.3, -0.25) is 4.90 Å². The molecule has 1 fully saturated rings. The van der Waals surface area contributed by atoms with Crippen LogP contribution in [0, 0.1) is 5.92 Å². The van der Waals surface area contributed by atoms with Crippen molar-refractivity contribution in [3.05, 3.63) is 0 Å². The Morgan fingerprint density at radius 1 is 1.32 bits per heavy atom. The lowest BCUT2D eigenvalue weighted by Crippen LogP contribution is -2.47. The summed E-state index contributed by atoms with van der Waals surface area (Å²) in [6.07, 6.45) is -3.14. The van der Waals surface area contributed by atoms with Crippen molar-refractivity contribution in [3.63, 3.8) is 0 Å². The molecule has 0 spiro atoms. The molecule has 114 valence electrons. The minimum atomic E-state index is -4.26. The van der Waals surface area contributed by atoms with E-state index < -0.39 is 26.7 Å². The van der Waals surface area contributed by atoms with Crippen LogP contribution in [-0.4, -0.2) is 63.2 Å². The van der Waals surface area contributed by atoms with Crippen molar-refractivity contribution in [1.82, 2.24) is 10.2 Å². The van der Waals surface area contributed by atoms with Gasteiger partial charge in [0.05, 0.1) is 10.7 Å². The molecule has 1 heterocycles. The maximum absolute atomic E-state index is 12.8. The molecule has 8 heteroatoms. The highest BCUT2D eigenvalue weighted by atomic mass is 32.2. The van der Waals surface area contributed by atoms with Crippen LogP contribution in [0.15, 0.2) is 0 Å². The van der Waals surface area contributed by atoms with E-state index in [9.17, 15) is 21.6 Å². The number of alkyl halides is 3. The lowest BCUT2D eigenvalue weighted by molar-refractivity contribution is -0.175. The van der Waals surface area contributed by atoms with Crippen LogP contribution in [0.1, 0.15) is 13.8 Å². The van der Waals surface area contributed by atoms with E-state index in [-0.39, 0.29) is 19.6 Å². The zero-order valence-electron chi connectivity index (χ0n) is 11.4. The highest BCUT2D eigenvalue weighted by Gasteiger charge is 2.42. The molecule has 1 aliphatic heterocycles. The molecule has 0 amide bonds. The fourth-order valence-corrected chi connectivity index (χ4v) is 2.42. The Hall–Kier alpha value is -0.340. The molecule has 0 aromatic heterocycles. The SMILES string of the molecule is CC(C)(CN1CCNCC(C(F)(F)F)C1)S(C)(=O)=O. The zero-order chi connectivity index (χ0) is 14.9. The molecule has 19 heavy (non-hydrogen) atoms. The van der Waals surface area contributed by atoms with Crippen molar-refractivity contribution >= 4 is 9.84 Å². The van der Waals surface area contributed by atoms with E-state index >= 15 is 0 Å². The van der Waals surface area contributed by atoms with E-state index in [2.05, 4.69) is 5.32 Å². The highest BCUT2D eigenvalue weighted by molar-refractivity contribution is 7.92. The number of nitrogens with zero attached hydrogens (tertiary/aromatic N) is 1. The summed E-state index contributed by atoms with van der Waals surface area (Å²) in [5.74, 6) is -1.45. The summed E-state index contributed by atoms with van der Waals surface area (Å²) in [6.45, 7) is 3.79. The van der Waals surface area contributed by atoms with Crippen LogP contribution < -0.4 is 5.32 Å². The fourth-order valence-electron chi connectivity index (χ4n) is 2.00. The van der Waals surface area contributed by atoms with Crippen LogP contribution in [0.4, 0.5) is 13.2 Å². The molecule has 4 nitrogen and oxygen atoms in total. The fraction of sp³-hybridized carbons (Fsp3) is 1.00. The predicted molar refractivity (Wildman–Crippen MR) is 67.8 cm³/mol. The van der Waals surface area contributed by atoms with E-state index in [0.29, 0.717) is 13.1 Å². The number of sulfone groups is 1. The first-order valence-electron chi connectivity index (χ1n) is 6.13. The summed E-state index contributed by atoms with van der Waals surface area (Å²) in [6, 6.07) is 0. The van der Waals surface area contributed by atoms with Gasteiger partial charge < -0.3 is 5.32 Å². The van der Waals surface area contributed by atoms with Crippen LogP contribution >= 0.6 is 0 Å². The Morgan fingerprint density at radius 2 is 1.89 bits per heavy atom. The number of nitrogens with one attached hydrogen (secondary N) is 1. The minimum Gasteiger partial charge on any atom is -0.315 e. The van der Waals surface area contributed by atoms with E-state index in [1.807, 2.05) is 0 Å². The van der Waals surface area contributed by atoms with E-state index in [0.717, 1.165) is 6.26 Å². The second-order valence-electron chi connectivity index (χ2n) is 5.71. The summed E-state index contributed by atoms with van der Waals surface area (Å²) in [4.78, 5) is 1.58. The van der Waals surface area contributed by atoms with E-state index in [4.69, 9.17) is 0 Å². The van der Waals surface area contributed by atoms with Gasteiger partial charge in [0.1, 0.15) is 0 Å². The smallest absolute Gasteiger partial charge is 0.315 e. The molecule has 0 aliphatic carbocycles. The summed E-state index contributed by atoms with van der Waals surface area (Å²) >= 11 is 0. The normalized spacial score (nSPS) is 24.2. The largest absolute Gasteiger partial charge is 0.394 e. The van der Waals surface area contributed by atoms with Crippen molar-refractivity contribution in [3.8, 4) is 0 Å². The molecule has 1 atom stereocenters. The molecule has 0 bridgehead atoms. The lowest BCUT2D eigenvalue weighted by Gasteiger charge is -2.32. The lowest BCUT2D eigenvalue weighted by atomic mass is 10.1. The second-order valence-corrected chi connectivity index (χ2v) is 8.36. The third kappa shape index (κ3) is 4.61. The number of hydrogen-bond donors (Lipinski definition) is 1. The quantitative estimate of drug-likeness (QED) is 0.841. The summed E-state index contributed by atoms with van der Waals surface area (Å²) in [7, 11) is -3.31. The third-order valence-electron chi connectivity index (χ3n) is 3.55. The number of rotatable bonds is 3. The molecule has 0 saturated carbocycles. The molecule has 1 N–H and O–H groups in total. The molecule has 0 aromatic carbocycles. The molecular formula is C11H21F3N2O2S. The summed E-state index contributed by atoms with van der Waals surface area (Å²) in [5.41, 5.74) is 0. The molecule has 0 radical (unpaired) electrons. The van der Waals surface area contributed by atoms with Crippen LogP contribution in [-0.2, 0) is 9.84 Å². The average Bonchev–Trinajstić information content (AvgIpc) is 2.39. The van der Waals surface area contributed by atoms with Gasteiger partial charge in [-0.1, -0.05) is 0 Å². The van der Waals surface area contributed by atoms with E-state index in [1.54, 1.807) is 18.7 Å². The Labute approximate surface area is 112 Å². The van der Waals surface area contributed by atoms with E-state index in [1.165, 1.54) is 0 Å². The number of hydrogen-bond acceptors (Lipinski definition) is 4. The van der Waals surface area contributed by atoms with Crippen LogP contribution in [0.25, 0.3) is 0 Å². The average molecular weight is 302 g/mol. The third-order valence-corrected chi connectivity index (χ3v) is 5.68. The standard InChI is InChI=1S/C11H21F3N2O2S/c1-10(2,19(3,17)18)8-16-5-4-15-6-9(7-16)11(12,13)14/h9,15H,4-8H2,1-3H3. The Kier molecular flexibility index (Phi) is 4.90. The van der Waals surface area contributed by atoms with Gasteiger partial charge in [0.25, 0.3) is 0 Å². The first-order chi connectivity index (χ1) is 8.43. The first-order valence-corrected chi connectivity index (χ1v) is 8.02. The monoisotopic (exact) mass is 302 g/mol. The Bertz CT molecular complexity index is 407. The number of halogens is 3. The van der Waals surface area contributed by atoms with Gasteiger partial charge in [-0.2, -0.15) is 13.2 Å². The molecular weight excluding hydrogens is 281 g/mol. The highest BCUT2D eigenvalue weighted by Crippen LogP contribution is 2.28. The summed E-state index contributed by atoms with van der Waals surface area (Å²) < 4.78 is 60.5. The molecule has 1 rings (SSSR count). The van der Waals surface area contributed by atoms with Gasteiger partial charge in [-0.25, -0.2) is 8.42 Å². The predicted octanol–water partition coefficient (Wildman–Crippen LogP) is 0.893. The Balaban J connectivity index is 2.78. The molecule has 0 aromatic rings. The second kappa shape index (κ2) is 5.57. The first kappa shape index (κ1) is 16.7. The summed E-state index contributed by atoms with van der Waals surface area (Å²) in [5, 5.41) is 2.75. The zero-order valence-corrected chi connectivity index (χ0v) is 12.2. The maximum atomic E-state index is 12.8. The maximum Gasteiger partial charge on any atom is 0.394 e. The Morgan fingerprint density at radius 3 is 2.37 bits per heavy atom. The van der Waals surface area contributed by atoms with Crippen molar-refractivity contribution in [2.75, 3.05) is 39.0 Å². The molecule has 1 aliphatic rings. The van der Waals surface area contributed by atoms with Gasteiger partial charge in [0, 0.05) is 39.0 Å². The van der Waals surface area contributed by atoms with Crippen molar-refractivity contribution in [1.29, 1.82) is 0 Å². The minimum absolute atomic E-state index is 0.111. The van der Waals surface area contributed by atoms with Crippen molar-refractivity contribution in [2.24, 2.45) is 5.92 Å². The van der Waals surface area contributed by atoms with Crippen LogP contribution in [0.5, 0.6) is 0 Å². The van der Waals surface area contributed by atoms with Gasteiger partial charge in [-0.15, -0.1) is 0 Å². The van der Waals surface area contributed by atoms with Crippen LogP contribution in [0.3, 0.4) is 0 Å². The van der Waals surface area contributed by atoms with Crippen molar-refractivity contribution < 1.29 is 21.6 Å². The van der Waals surface area contributed by atoms with Gasteiger partial charge in [-0.05, 0) is 13.8 Å². The van der Waals surface area contributed by atoms with Crippen molar-refractivity contribution in [2.45, 2.75) is 24.8 Å².